The minimum absolute atomic E-state index is 0.153. The van der Waals surface area contributed by atoms with Gasteiger partial charge in [0.1, 0.15) is 17.5 Å². The van der Waals surface area contributed by atoms with Gasteiger partial charge in [0.2, 0.25) is 11.9 Å². The topological polar surface area (TPSA) is 146 Å². The van der Waals surface area contributed by atoms with Crippen molar-refractivity contribution in [3.63, 3.8) is 0 Å². The lowest BCUT2D eigenvalue weighted by molar-refractivity contribution is 0.0196. The fourth-order valence-electron chi connectivity index (χ4n) is 3.81. The van der Waals surface area contributed by atoms with E-state index in [1.54, 1.807) is 6.20 Å². The van der Waals surface area contributed by atoms with Crippen molar-refractivity contribution in [3.05, 3.63) is 53.9 Å². The van der Waals surface area contributed by atoms with Gasteiger partial charge in [-0.2, -0.15) is 10.2 Å². The summed E-state index contributed by atoms with van der Waals surface area (Å²) in [6.45, 7) is 2.25. The van der Waals surface area contributed by atoms with E-state index >= 15 is 0 Å². The number of nitrogens with one attached hydrogen (secondary N) is 2. The van der Waals surface area contributed by atoms with Crippen molar-refractivity contribution >= 4 is 17.7 Å². The van der Waals surface area contributed by atoms with Gasteiger partial charge < -0.3 is 21.5 Å². The average Bonchev–Trinajstić information content (AvgIpc) is 2.80. The van der Waals surface area contributed by atoms with Gasteiger partial charge in [-0.1, -0.05) is 30.3 Å². The van der Waals surface area contributed by atoms with E-state index in [1.165, 1.54) is 6.20 Å². The van der Waals surface area contributed by atoms with E-state index in [0.29, 0.717) is 36.7 Å². The van der Waals surface area contributed by atoms with Crippen molar-refractivity contribution in [2.24, 2.45) is 0 Å². The number of aliphatic hydroxyl groups is 1. The van der Waals surface area contributed by atoms with Crippen LogP contribution in [0.1, 0.15) is 43.7 Å². The Labute approximate surface area is 186 Å². The molecule has 0 aliphatic heterocycles. The van der Waals surface area contributed by atoms with E-state index < -0.39 is 5.60 Å². The highest BCUT2D eigenvalue weighted by molar-refractivity contribution is 5.64. The van der Waals surface area contributed by atoms with Crippen molar-refractivity contribution in [1.29, 1.82) is 5.26 Å². The first-order valence-electron chi connectivity index (χ1n) is 10.6. The van der Waals surface area contributed by atoms with Crippen LogP contribution in [0.4, 0.5) is 17.7 Å². The molecule has 1 aliphatic rings. The summed E-state index contributed by atoms with van der Waals surface area (Å²) < 4.78 is 0. The highest BCUT2D eigenvalue weighted by Crippen LogP contribution is 2.30. The molecule has 9 nitrogen and oxygen atoms in total. The quantitative estimate of drug-likeness (QED) is 0.463. The smallest absolute Gasteiger partial charge is 0.224 e. The summed E-state index contributed by atoms with van der Waals surface area (Å²) in [5.74, 6) is 1.10. The third-order valence-corrected chi connectivity index (χ3v) is 5.68. The van der Waals surface area contributed by atoms with Gasteiger partial charge in [-0.15, -0.1) is 0 Å². The number of hydrogen-bond acceptors (Lipinski definition) is 9. The molecular formula is C23H26N8O. The Kier molecular flexibility index (Phi) is 6.14. The molecule has 0 amide bonds. The maximum atomic E-state index is 10.2. The van der Waals surface area contributed by atoms with Crippen LogP contribution in [0.25, 0.3) is 11.3 Å². The molecule has 32 heavy (non-hydrogen) atoms. The highest BCUT2D eigenvalue weighted by Gasteiger charge is 2.29. The number of aromatic nitrogens is 4. The molecule has 0 bridgehead atoms. The lowest BCUT2D eigenvalue weighted by atomic mass is 9.83. The van der Waals surface area contributed by atoms with E-state index in [4.69, 9.17) is 5.73 Å². The van der Waals surface area contributed by atoms with E-state index in [0.717, 1.165) is 29.7 Å². The molecule has 2 heterocycles. The van der Waals surface area contributed by atoms with Crippen molar-refractivity contribution in [3.8, 4) is 17.3 Å². The number of benzene rings is 1. The molecule has 4 rings (SSSR count). The summed E-state index contributed by atoms with van der Waals surface area (Å²) in [5.41, 5.74) is 8.10. The first kappa shape index (κ1) is 21.5. The zero-order valence-electron chi connectivity index (χ0n) is 17.9. The zero-order valence-corrected chi connectivity index (χ0v) is 17.9. The van der Waals surface area contributed by atoms with Gasteiger partial charge in [0.15, 0.2) is 0 Å². The van der Waals surface area contributed by atoms with Crippen molar-refractivity contribution in [1.82, 2.24) is 19.9 Å². The number of nitriles is 1. The Balaban J connectivity index is 1.50. The number of nitrogens with two attached hydrogens (primary N) is 1. The van der Waals surface area contributed by atoms with Gasteiger partial charge in [-0.05, 0) is 32.6 Å². The number of nitrogens with zero attached hydrogens (tertiary/aromatic N) is 5. The third kappa shape index (κ3) is 5.10. The summed E-state index contributed by atoms with van der Waals surface area (Å²) in [6, 6.07) is 12.1. The van der Waals surface area contributed by atoms with Crippen LogP contribution < -0.4 is 16.4 Å². The van der Waals surface area contributed by atoms with Crippen LogP contribution in [0, 0.1) is 11.3 Å². The Morgan fingerprint density at radius 2 is 1.91 bits per heavy atom. The summed E-state index contributed by atoms with van der Waals surface area (Å²) in [6.07, 6.45) is 6.24. The van der Waals surface area contributed by atoms with Crippen LogP contribution in [0.5, 0.6) is 0 Å². The maximum Gasteiger partial charge on any atom is 0.224 e. The minimum atomic E-state index is -0.619. The van der Waals surface area contributed by atoms with Crippen LogP contribution in [-0.4, -0.2) is 36.7 Å². The van der Waals surface area contributed by atoms with E-state index in [9.17, 15) is 10.4 Å². The van der Waals surface area contributed by atoms with Crippen molar-refractivity contribution in [2.45, 2.75) is 50.8 Å². The lowest BCUT2D eigenvalue weighted by Gasteiger charge is -2.33. The van der Waals surface area contributed by atoms with Crippen LogP contribution in [0.3, 0.4) is 0 Å². The van der Waals surface area contributed by atoms with E-state index in [-0.39, 0.29) is 12.0 Å². The molecule has 164 valence electrons. The third-order valence-electron chi connectivity index (χ3n) is 5.68. The number of anilines is 3. The second kappa shape index (κ2) is 9.16. The highest BCUT2D eigenvalue weighted by atomic mass is 16.3. The molecule has 1 fully saturated rings. The van der Waals surface area contributed by atoms with Gasteiger partial charge in [-0.25, -0.2) is 15.0 Å². The predicted octanol–water partition coefficient (Wildman–Crippen LogP) is 3.11. The summed E-state index contributed by atoms with van der Waals surface area (Å²) in [4.78, 5) is 17.3. The van der Waals surface area contributed by atoms with Crippen LogP contribution >= 0.6 is 0 Å². The monoisotopic (exact) mass is 430 g/mol. The Bertz CT molecular complexity index is 1120. The molecule has 0 atom stereocenters. The van der Waals surface area contributed by atoms with Gasteiger partial charge >= 0.3 is 0 Å². The second-order valence-electron chi connectivity index (χ2n) is 8.30. The predicted molar refractivity (Wildman–Crippen MR) is 122 cm³/mol. The Hall–Kier alpha value is -3.77. The van der Waals surface area contributed by atoms with Crippen LogP contribution in [-0.2, 0) is 6.54 Å². The standard InChI is InChI=1S/C23H26N8O/c1-23(32)9-7-18(8-10-23)29-20-16(11-24)12-27-22(31-20)28-14-17-13-26-21(25)30-19(17)15-5-3-2-4-6-15/h2-6,12-13,18,32H,7-10,14H2,1H3,(H2,25,26,30)(H2,27,28,29,31). The summed E-state index contributed by atoms with van der Waals surface area (Å²) >= 11 is 0. The molecule has 0 spiro atoms. The SMILES string of the molecule is CC1(O)CCC(Nc2nc(NCc3cnc(N)nc3-c3ccccc3)ncc2C#N)CC1. The molecule has 0 saturated heterocycles. The molecule has 1 saturated carbocycles. The fraction of sp³-hybridized carbons (Fsp3) is 0.348. The fourth-order valence-corrected chi connectivity index (χ4v) is 3.81. The minimum Gasteiger partial charge on any atom is -0.390 e. The molecule has 2 aromatic heterocycles. The number of nitrogen functional groups attached to an aromatic ring is 1. The molecule has 0 radical (unpaired) electrons. The molecule has 9 heteroatoms. The van der Waals surface area contributed by atoms with E-state index in [2.05, 4.69) is 36.6 Å². The largest absolute Gasteiger partial charge is 0.390 e. The first-order valence-corrected chi connectivity index (χ1v) is 10.6. The molecule has 0 unspecified atom stereocenters. The molecule has 1 aromatic carbocycles. The molecule has 1 aliphatic carbocycles. The number of rotatable bonds is 6. The summed E-state index contributed by atoms with van der Waals surface area (Å²) in [5, 5.41) is 26.2. The van der Waals surface area contributed by atoms with Crippen molar-refractivity contribution in [2.75, 3.05) is 16.4 Å². The lowest BCUT2D eigenvalue weighted by Crippen LogP contribution is -2.36. The zero-order chi connectivity index (χ0) is 22.6. The van der Waals surface area contributed by atoms with E-state index in [1.807, 2.05) is 37.3 Å². The summed E-state index contributed by atoms with van der Waals surface area (Å²) in [7, 11) is 0. The number of hydrogen-bond donors (Lipinski definition) is 4. The van der Waals surface area contributed by atoms with Crippen LogP contribution in [0.2, 0.25) is 0 Å². The second-order valence-corrected chi connectivity index (χ2v) is 8.30. The molecule has 3 aromatic rings. The Morgan fingerprint density at radius 3 is 2.62 bits per heavy atom. The van der Waals surface area contributed by atoms with Crippen molar-refractivity contribution < 1.29 is 5.11 Å². The molecule has 5 N–H and O–H groups in total. The van der Waals surface area contributed by atoms with Gasteiger partial charge in [-0.3, -0.25) is 0 Å². The average molecular weight is 431 g/mol. The van der Waals surface area contributed by atoms with Gasteiger partial charge in [0, 0.05) is 29.9 Å². The maximum absolute atomic E-state index is 10.2. The Morgan fingerprint density at radius 1 is 1.16 bits per heavy atom. The normalized spacial score (nSPS) is 20.3. The first-order chi connectivity index (χ1) is 15.4. The molecular weight excluding hydrogens is 404 g/mol. The van der Waals surface area contributed by atoms with Gasteiger partial charge in [0.05, 0.1) is 17.5 Å². The van der Waals surface area contributed by atoms with Gasteiger partial charge in [0.25, 0.3) is 0 Å². The van der Waals surface area contributed by atoms with Crippen LogP contribution in [0.15, 0.2) is 42.7 Å².